The SMILES string of the molecule is CCOP(=O)(C/N=C(/c1ccc(C)cc1)c1ccc(C(F)(F)F)cc1)OCC. The molecule has 0 unspecified atom stereocenters. The second-order valence-corrected chi connectivity index (χ2v) is 8.06. The lowest BCUT2D eigenvalue weighted by Gasteiger charge is -2.16. The number of hydrogen-bond acceptors (Lipinski definition) is 4. The van der Waals surface area contributed by atoms with Crippen LogP contribution >= 0.6 is 7.60 Å². The van der Waals surface area contributed by atoms with Crippen LogP contribution in [0.15, 0.2) is 53.5 Å². The van der Waals surface area contributed by atoms with Gasteiger partial charge in [0.2, 0.25) is 0 Å². The molecule has 0 heterocycles. The van der Waals surface area contributed by atoms with E-state index < -0.39 is 19.3 Å². The zero-order chi connectivity index (χ0) is 20.8. The van der Waals surface area contributed by atoms with Crippen molar-refractivity contribution in [3.8, 4) is 0 Å². The summed E-state index contributed by atoms with van der Waals surface area (Å²) in [5.41, 5.74) is 1.90. The quantitative estimate of drug-likeness (QED) is 0.390. The van der Waals surface area contributed by atoms with E-state index in [4.69, 9.17) is 9.05 Å². The average molecular weight is 413 g/mol. The van der Waals surface area contributed by atoms with E-state index in [2.05, 4.69) is 4.99 Å². The minimum atomic E-state index is -4.42. The minimum Gasteiger partial charge on any atom is -0.308 e. The summed E-state index contributed by atoms with van der Waals surface area (Å²) in [6.07, 6.45) is -4.64. The van der Waals surface area contributed by atoms with Gasteiger partial charge < -0.3 is 9.05 Å². The van der Waals surface area contributed by atoms with Gasteiger partial charge in [0.25, 0.3) is 0 Å². The summed E-state index contributed by atoms with van der Waals surface area (Å²) in [5, 5.41) is 0. The number of alkyl halides is 3. The molecule has 0 saturated heterocycles. The fraction of sp³-hybridized carbons (Fsp3) is 0.350. The Hall–Kier alpha value is -1.95. The maximum absolute atomic E-state index is 12.9. The number of aryl methyl sites for hydroxylation is 1. The molecule has 0 radical (unpaired) electrons. The van der Waals surface area contributed by atoms with Gasteiger partial charge >= 0.3 is 13.8 Å². The zero-order valence-corrected chi connectivity index (χ0v) is 16.9. The first kappa shape index (κ1) is 22.3. The standard InChI is InChI=1S/C20H23F3NO3P/c1-4-26-28(25,27-5-2)14-24-19(16-8-6-15(3)7-9-16)17-10-12-18(13-11-17)20(21,22)23/h6-13H,4-5,14H2,1-3H3/b24-19-. The summed E-state index contributed by atoms with van der Waals surface area (Å²) < 4.78 is 61.8. The van der Waals surface area contributed by atoms with E-state index in [0.717, 1.165) is 17.7 Å². The average Bonchev–Trinajstić information content (AvgIpc) is 2.63. The molecule has 0 fully saturated rings. The van der Waals surface area contributed by atoms with E-state index in [1.54, 1.807) is 13.8 Å². The summed E-state index contributed by atoms with van der Waals surface area (Å²) in [6, 6.07) is 12.1. The number of nitrogens with zero attached hydrogens (tertiary/aromatic N) is 1. The molecule has 0 spiro atoms. The van der Waals surface area contributed by atoms with Crippen molar-refractivity contribution < 1.29 is 26.8 Å². The lowest BCUT2D eigenvalue weighted by Crippen LogP contribution is -2.09. The van der Waals surface area contributed by atoms with Gasteiger partial charge in [-0.2, -0.15) is 13.2 Å². The molecule has 0 saturated carbocycles. The second-order valence-electron chi connectivity index (χ2n) is 6.04. The van der Waals surface area contributed by atoms with Gasteiger partial charge in [0.1, 0.15) is 6.29 Å². The van der Waals surface area contributed by atoms with E-state index >= 15 is 0 Å². The Kier molecular flexibility index (Phi) is 7.58. The Bertz CT molecular complexity index is 836. The number of aliphatic imine (C=N–C) groups is 1. The number of halogens is 3. The van der Waals surface area contributed by atoms with Crippen molar-refractivity contribution in [2.75, 3.05) is 19.5 Å². The number of benzene rings is 2. The van der Waals surface area contributed by atoms with Crippen molar-refractivity contribution in [3.05, 3.63) is 70.8 Å². The van der Waals surface area contributed by atoms with Gasteiger partial charge in [0, 0.05) is 11.1 Å². The van der Waals surface area contributed by atoms with Gasteiger partial charge in [-0.1, -0.05) is 42.0 Å². The van der Waals surface area contributed by atoms with Gasteiger partial charge in [-0.3, -0.25) is 9.56 Å². The molecule has 4 nitrogen and oxygen atoms in total. The van der Waals surface area contributed by atoms with Crippen molar-refractivity contribution >= 4 is 13.3 Å². The van der Waals surface area contributed by atoms with Gasteiger partial charge in [0.15, 0.2) is 0 Å². The molecule has 2 aromatic rings. The monoisotopic (exact) mass is 413 g/mol. The molecule has 152 valence electrons. The van der Waals surface area contributed by atoms with Crippen molar-refractivity contribution in [3.63, 3.8) is 0 Å². The Balaban J connectivity index is 2.45. The van der Waals surface area contributed by atoms with E-state index in [1.807, 2.05) is 31.2 Å². The third-order valence-corrected chi connectivity index (χ3v) is 5.66. The second kappa shape index (κ2) is 9.50. The molecule has 0 aliphatic rings. The fourth-order valence-electron chi connectivity index (χ4n) is 2.55. The molecule has 0 amide bonds. The summed E-state index contributed by atoms with van der Waals surface area (Å²) in [6.45, 7) is 5.73. The highest BCUT2D eigenvalue weighted by Crippen LogP contribution is 2.48. The van der Waals surface area contributed by atoms with Gasteiger partial charge in [-0.05, 0) is 32.9 Å². The zero-order valence-electron chi connectivity index (χ0n) is 16.0. The van der Waals surface area contributed by atoms with Crippen LogP contribution < -0.4 is 0 Å². The topological polar surface area (TPSA) is 47.9 Å². The van der Waals surface area contributed by atoms with Gasteiger partial charge in [0.05, 0.1) is 24.5 Å². The lowest BCUT2D eigenvalue weighted by atomic mass is 10.00. The van der Waals surface area contributed by atoms with Gasteiger partial charge in [-0.15, -0.1) is 0 Å². The molecule has 0 aliphatic heterocycles. The molecule has 2 rings (SSSR count). The van der Waals surface area contributed by atoms with Crippen LogP contribution in [-0.2, 0) is 19.8 Å². The van der Waals surface area contributed by atoms with Crippen LogP contribution in [-0.4, -0.2) is 25.2 Å². The Labute approximate surface area is 162 Å². The third-order valence-electron chi connectivity index (χ3n) is 3.86. The summed E-state index contributed by atoms with van der Waals surface area (Å²) in [7, 11) is -3.43. The number of rotatable bonds is 8. The molecule has 0 bridgehead atoms. The van der Waals surface area contributed by atoms with Crippen LogP contribution in [0.2, 0.25) is 0 Å². The predicted molar refractivity (Wildman–Crippen MR) is 104 cm³/mol. The van der Waals surface area contributed by atoms with Crippen molar-refractivity contribution in [2.24, 2.45) is 4.99 Å². The summed E-state index contributed by atoms with van der Waals surface area (Å²) in [5.74, 6) is 0. The first-order valence-electron chi connectivity index (χ1n) is 8.86. The van der Waals surface area contributed by atoms with Gasteiger partial charge in [-0.25, -0.2) is 0 Å². The van der Waals surface area contributed by atoms with Crippen LogP contribution in [0.1, 0.15) is 36.1 Å². The summed E-state index contributed by atoms with van der Waals surface area (Å²) in [4.78, 5) is 4.42. The Morgan fingerprint density at radius 3 is 1.82 bits per heavy atom. The molecule has 2 aromatic carbocycles. The predicted octanol–water partition coefficient (Wildman–Crippen LogP) is 6.07. The summed E-state index contributed by atoms with van der Waals surface area (Å²) >= 11 is 0. The molecule has 28 heavy (non-hydrogen) atoms. The molecule has 0 atom stereocenters. The van der Waals surface area contributed by atoms with E-state index in [9.17, 15) is 17.7 Å². The van der Waals surface area contributed by atoms with Crippen LogP contribution in [0.25, 0.3) is 0 Å². The Morgan fingerprint density at radius 1 is 0.929 bits per heavy atom. The highest BCUT2D eigenvalue weighted by atomic mass is 31.2. The van der Waals surface area contributed by atoms with Crippen molar-refractivity contribution in [1.82, 2.24) is 0 Å². The highest BCUT2D eigenvalue weighted by molar-refractivity contribution is 7.53. The molecule has 0 aromatic heterocycles. The molecule has 0 aliphatic carbocycles. The lowest BCUT2D eigenvalue weighted by molar-refractivity contribution is -0.137. The van der Waals surface area contributed by atoms with E-state index in [0.29, 0.717) is 16.8 Å². The molecule has 0 N–H and O–H groups in total. The third kappa shape index (κ3) is 6.03. The van der Waals surface area contributed by atoms with Crippen LogP contribution in [0.3, 0.4) is 0 Å². The first-order valence-corrected chi connectivity index (χ1v) is 10.6. The van der Waals surface area contributed by atoms with Crippen LogP contribution in [0.5, 0.6) is 0 Å². The smallest absolute Gasteiger partial charge is 0.308 e. The Morgan fingerprint density at radius 2 is 1.39 bits per heavy atom. The molecular formula is C20H23F3NO3P. The maximum atomic E-state index is 12.9. The largest absolute Gasteiger partial charge is 0.416 e. The fourth-order valence-corrected chi connectivity index (χ4v) is 3.89. The number of hydrogen-bond donors (Lipinski definition) is 0. The molecular weight excluding hydrogens is 390 g/mol. The van der Waals surface area contributed by atoms with Crippen LogP contribution in [0, 0.1) is 6.92 Å². The highest BCUT2D eigenvalue weighted by Gasteiger charge is 2.30. The van der Waals surface area contributed by atoms with Crippen molar-refractivity contribution in [2.45, 2.75) is 26.9 Å². The molecule has 8 heteroatoms. The van der Waals surface area contributed by atoms with E-state index in [-0.39, 0.29) is 19.5 Å². The maximum Gasteiger partial charge on any atom is 0.416 e. The first-order chi connectivity index (χ1) is 13.2. The normalized spacial score (nSPS) is 13.0. The minimum absolute atomic E-state index is 0.201. The van der Waals surface area contributed by atoms with E-state index in [1.165, 1.54) is 12.1 Å². The van der Waals surface area contributed by atoms with Crippen molar-refractivity contribution in [1.29, 1.82) is 0 Å². The van der Waals surface area contributed by atoms with Crippen LogP contribution in [0.4, 0.5) is 13.2 Å².